The quantitative estimate of drug-likeness (QED) is 0.535. The van der Waals surface area contributed by atoms with Crippen molar-refractivity contribution in [2.75, 3.05) is 18.1 Å². The van der Waals surface area contributed by atoms with Crippen LogP contribution in [0, 0.1) is 18.3 Å². The maximum Gasteiger partial charge on any atom is 0.0545 e. The van der Waals surface area contributed by atoms with E-state index in [0.29, 0.717) is 0 Å². The van der Waals surface area contributed by atoms with Crippen molar-refractivity contribution in [3.8, 4) is 12.3 Å². The number of hydrogen-bond acceptors (Lipinski definition) is 2. The van der Waals surface area contributed by atoms with Crippen LogP contribution in [0.3, 0.4) is 0 Å². The SMILES string of the molecule is C#CCSCCNC1CCCC1C. The van der Waals surface area contributed by atoms with Gasteiger partial charge in [-0.3, -0.25) is 0 Å². The molecule has 0 aromatic carbocycles. The predicted molar refractivity (Wildman–Crippen MR) is 61.0 cm³/mol. The molecule has 1 N–H and O–H groups in total. The highest BCUT2D eigenvalue weighted by Gasteiger charge is 2.21. The maximum atomic E-state index is 5.16. The van der Waals surface area contributed by atoms with E-state index in [1.54, 1.807) is 0 Å². The molecule has 0 saturated heterocycles. The minimum absolute atomic E-state index is 0.770. The zero-order chi connectivity index (χ0) is 9.52. The molecule has 0 amide bonds. The van der Waals surface area contributed by atoms with Crippen molar-refractivity contribution in [3.63, 3.8) is 0 Å². The fraction of sp³-hybridized carbons (Fsp3) is 0.818. The Bertz CT molecular complexity index is 173. The molecule has 1 nitrogen and oxygen atoms in total. The van der Waals surface area contributed by atoms with E-state index in [4.69, 9.17) is 6.42 Å². The number of rotatable bonds is 5. The van der Waals surface area contributed by atoms with E-state index in [9.17, 15) is 0 Å². The first-order chi connectivity index (χ1) is 6.34. The zero-order valence-electron chi connectivity index (χ0n) is 8.38. The second kappa shape index (κ2) is 6.34. The second-order valence-corrected chi connectivity index (χ2v) is 4.83. The largest absolute Gasteiger partial charge is 0.313 e. The molecule has 0 aromatic heterocycles. The summed E-state index contributed by atoms with van der Waals surface area (Å²) in [5.41, 5.74) is 0. The Hall–Kier alpha value is -0.130. The van der Waals surface area contributed by atoms with Gasteiger partial charge in [-0.1, -0.05) is 19.3 Å². The lowest BCUT2D eigenvalue weighted by Gasteiger charge is -2.16. The molecule has 1 fully saturated rings. The Morgan fingerprint density at radius 3 is 3.00 bits per heavy atom. The summed E-state index contributed by atoms with van der Waals surface area (Å²) in [6.07, 6.45) is 9.32. The zero-order valence-corrected chi connectivity index (χ0v) is 9.20. The van der Waals surface area contributed by atoms with Crippen LogP contribution in [-0.4, -0.2) is 24.1 Å². The van der Waals surface area contributed by atoms with Gasteiger partial charge in [0.2, 0.25) is 0 Å². The van der Waals surface area contributed by atoms with Crippen LogP contribution in [0.15, 0.2) is 0 Å². The molecule has 13 heavy (non-hydrogen) atoms. The number of thioether (sulfide) groups is 1. The van der Waals surface area contributed by atoms with Gasteiger partial charge in [-0.05, 0) is 18.8 Å². The average molecular weight is 197 g/mol. The molecule has 0 aliphatic heterocycles. The number of hydrogen-bond donors (Lipinski definition) is 1. The maximum absolute atomic E-state index is 5.16. The molecular formula is C11H19NS. The fourth-order valence-corrected chi connectivity index (χ4v) is 2.42. The summed E-state index contributed by atoms with van der Waals surface area (Å²) in [5, 5.41) is 3.60. The van der Waals surface area contributed by atoms with E-state index >= 15 is 0 Å². The van der Waals surface area contributed by atoms with E-state index in [1.807, 2.05) is 11.8 Å². The molecule has 0 radical (unpaired) electrons. The van der Waals surface area contributed by atoms with Crippen LogP contribution in [0.2, 0.25) is 0 Å². The van der Waals surface area contributed by atoms with Gasteiger partial charge in [-0.2, -0.15) is 0 Å². The molecule has 2 unspecified atom stereocenters. The first kappa shape index (κ1) is 10.9. The Kier molecular flexibility index (Phi) is 5.34. The van der Waals surface area contributed by atoms with Gasteiger partial charge in [0.05, 0.1) is 5.75 Å². The monoisotopic (exact) mass is 197 g/mol. The number of terminal acetylenes is 1. The molecule has 0 bridgehead atoms. The van der Waals surface area contributed by atoms with Gasteiger partial charge in [0.1, 0.15) is 0 Å². The Morgan fingerprint density at radius 1 is 1.54 bits per heavy atom. The molecule has 2 atom stereocenters. The highest BCUT2D eigenvalue weighted by atomic mass is 32.2. The van der Waals surface area contributed by atoms with Gasteiger partial charge >= 0.3 is 0 Å². The van der Waals surface area contributed by atoms with Crippen LogP contribution < -0.4 is 5.32 Å². The highest BCUT2D eigenvalue weighted by Crippen LogP contribution is 2.24. The van der Waals surface area contributed by atoms with E-state index in [2.05, 4.69) is 18.2 Å². The molecular weight excluding hydrogens is 178 g/mol. The molecule has 1 aliphatic carbocycles. The summed E-state index contributed by atoms with van der Waals surface area (Å²) in [6.45, 7) is 3.46. The van der Waals surface area contributed by atoms with Crippen LogP contribution in [0.5, 0.6) is 0 Å². The van der Waals surface area contributed by atoms with Crippen LogP contribution in [0.25, 0.3) is 0 Å². The van der Waals surface area contributed by atoms with Crippen LogP contribution in [0.1, 0.15) is 26.2 Å². The van der Waals surface area contributed by atoms with Crippen molar-refractivity contribution < 1.29 is 0 Å². The van der Waals surface area contributed by atoms with E-state index in [-0.39, 0.29) is 0 Å². The standard InChI is InChI=1S/C11H19NS/c1-3-8-13-9-7-12-11-6-4-5-10(11)2/h1,10-12H,4-9H2,2H3. The Labute approximate surface area is 86.1 Å². The van der Waals surface area contributed by atoms with Crippen LogP contribution >= 0.6 is 11.8 Å². The Morgan fingerprint density at radius 2 is 2.38 bits per heavy atom. The van der Waals surface area contributed by atoms with E-state index in [1.165, 1.54) is 19.3 Å². The molecule has 0 heterocycles. The third-order valence-corrected chi connectivity index (χ3v) is 3.56. The van der Waals surface area contributed by atoms with Crippen LogP contribution in [0.4, 0.5) is 0 Å². The first-order valence-electron chi connectivity index (χ1n) is 5.09. The minimum atomic E-state index is 0.770. The molecule has 0 aromatic rings. The molecule has 1 rings (SSSR count). The van der Waals surface area contributed by atoms with E-state index in [0.717, 1.165) is 30.0 Å². The summed E-state index contributed by atoms with van der Waals surface area (Å²) in [5.74, 6) is 5.51. The summed E-state index contributed by atoms with van der Waals surface area (Å²) in [4.78, 5) is 0. The lowest BCUT2D eigenvalue weighted by Crippen LogP contribution is -2.32. The molecule has 2 heteroatoms. The smallest absolute Gasteiger partial charge is 0.0545 e. The molecule has 1 saturated carbocycles. The van der Waals surface area contributed by atoms with Crippen molar-refractivity contribution in [1.29, 1.82) is 0 Å². The van der Waals surface area contributed by atoms with Gasteiger partial charge in [0.15, 0.2) is 0 Å². The van der Waals surface area contributed by atoms with E-state index < -0.39 is 0 Å². The Balaban J connectivity index is 1.96. The van der Waals surface area contributed by atoms with Gasteiger partial charge in [0, 0.05) is 18.3 Å². The lowest BCUT2D eigenvalue weighted by atomic mass is 10.1. The molecule has 0 spiro atoms. The summed E-state index contributed by atoms with van der Waals surface area (Å²) in [6, 6.07) is 0.770. The third-order valence-electron chi connectivity index (χ3n) is 2.70. The lowest BCUT2D eigenvalue weighted by molar-refractivity contribution is 0.438. The minimum Gasteiger partial charge on any atom is -0.313 e. The van der Waals surface area contributed by atoms with Crippen LogP contribution in [-0.2, 0) is 0 Å². The highest BCUT2D eigenvalue weighted by molar-refractivity contribution is 7.99. The van der Waals surface area contributed by atoms with Crippen molar-refractivity contribution in [2.24, 2.45) is 5.92 Å². The van der Waals surface area contributed by atoms with Crippen molar-refractivity contribution >= 4 is 11.8 Å². The van der Waals surface area contributed by atoms with Gasteiger partial charge in [-0.25, -0.2) is 0 Å². The van der Waals surface area contributed by atoms with Crippen molar-refractivity contribution in [2.45, 2.75) is 32.2 Å². The number of nitrogens with one attached hydrogen (secondary N) is 1. The molecule has 74 valence electrons. The van der Waals surface area contributed by atoms with Crippen molar-refractivity contribution in [3.05, 3.63) is 0 Å². The first-order valence-corrected chi connectivity index (χ1v) is 6.24. The topological polar surface area (TPSA) is 12.0 Å². The third kappa shape index (κ3) is 4.06. The van der Waals surface area contributed by atoms with Gasteiger partial charge < -0.3 is 5.32 Å². The van der Waals surface area contributed by atoms with Gasteiger partial charge in [0.25, 0.3) is 0 Å². The summed E-state index contributed by atoms with van der Waals surface area (Å²) < 4.78 is 0. The second-order valence-electron chi connectivity index (χ2n) is 3.73. The fourth-order valence-electron chi connectivity index (χ4n) is 1.90. The summed E-state index contributed by atoms with van der Waals surface area (Å²) in [7, 11) is 0. The summed E-state index contributed by atoms with van der Waals surface area (Å²) >= 11 is 1.84. The average Bonchev–Trinajstić information content (AvgIpc) is 2.52. The van der Waals surface area contributed by atoms with Gasteiger partial charge in [-0.15, -0.1) is 18.2 Å². The predicted octanol–water partition coefficient (Wildman–Crippen LogP) is 2.13. The van der Waals surface area contributed by atoms with Crippen molar-refractivity contribution in [1.82, 2.24) is 5.32 Å². The molecule has 1 aliphatic rings. The normalized spacial score (nSPS) is 27.4.